The van der Waals surface area contributed by atoms with Crippen LogP contribution in [0.15, 0.2) is 24.3 Å². The minimum absolute atomic E-state index is 0.147. The summed E-state index contributed by atoms with van der Waals surface area (Å²) in [7, 11) is 1.66. The van der Waals surface area contributed by atoms with E-state index in [1.807, 2.05) is 18.2 Å². The number of methoxy groups -OCH3 is 1. The highest BCUT2D eigenvalue weighted by Crippen LogP contribution is 2.35. The Balaban J connectivity index is 1.47. The van der Waals surface area contributed by atoms with Crippen LogP contribution in [0.25, 0.3) is 10.9 Å². The van der Waals surface area contributed by atoms with Crippen LogP contribution < -0.4 is 20.7 Å². The van der Waals surface area contributed by atoms with Gasteiger partial charge in [-0.2, -0.15) is 0 Å². The van der Waals surface area contributed by atoms with Crippen LogP contribution in [0.4, 0.5) is 0 Å². The quantitative estimate of drug-likeness (QED) is 0.666. The maximum Gasteiger partial charge on any atom is 0.229 e. The topological polar surface area (TPSA) is 78.2 Å². The number of benzene rings is 1. The Kier molecular flexibility index (Phi) is 3.50. The van der Waals surface area contributed by atoms with Crippen molar-refractivity contribution in [2.45, 2.75) is 6.54 Å². The molecule has 1 aromatic carbocycles. The van der Waals surface area contributed by atoms with E-state index in [9.17, 15) is 4.79 Å². The summed E-state index contributed by atoms with van der Waals surface area (Å²) in [5.74, 6) is 1.38. The molecule has 2 aromatic rings. The molecule has 6 nitrogen and oxygen atoms in total. The first-order chi connectivity index (χ1) is 11.2. The molecule has 3 heterocycles. The molecule has 2 aliphatic heterocycles. The molecule has 1 amide bonds. The number of aromatic amines is 1. The van der Waals surface area contributed by atoms with E-state index in [-0.39, 0.29) is 11.3 Å². The predicted octanol–water partition coefficient (Wildman–Crippen LogP) is 0.602. The van der Waals surface area contributed by atoms with E-state index in [1.165, 1.54) is 0 Å². The van der Waals surface area contributed by atoms with E-state index >= 15 is 0 Å². The number of aromatic nitrogens is 1. The lowest BCUT2D eigenvalue weighted by Crippen LogP contribution is -2.46. The number of hydrogen-bond donors (Lipinski definition) is 4. The summed E-state index contributed by atoms with van der Waals surface area (Å²) in [6.45, 7) is 3.89. The summed E-state index contributed by atoms with van der Waals surface area (Å²) in [5.41, 5.74) is 1.78. The number of H-pyrrole nitrogens is 1. The van der Waals surface area contributed by atoms with E-state index in [2.05, 4.69) is 27.0 Å². The van der Waals surface area contributed by atoms with Crippen LogP contribution in [0.3, 0.4) is 0 Å². The highest BCUT2D eigenvalue weighted by Gasteiger charge is 2.51. The summed E-state index contributed by atoms with van der Waals surface area (Å²) < 4.78 is 5.25. The number of ether oxygens (including phenoxy) is 1. The predicted molar refractivity (Wildman–Crippen MR) is 88.4 cm³/mol. The van der Waals surface area contributed by atoms with Gasteiger partial charge in [0.15, 0.2) is 0 Å². The van der Waals surface area contributed by atoms with Gasteiger partial charge in [-0.15, -0.1) is 0 Å². The molecule has 0 bridgehead atoms. The molecule has 0 saturated carbocycles. The first-order valence-corrected chi connectivity index (χ1v) is 8.07. The van der Waals surface area contributed by atoms with Gasteiger partial charge in [0.25, 0.3) is 0 Å². The van der Waals surface area contributed by atoms with E-state index < -0.39 is 0 Å². The first-order valence-electron chi connectivity index (χ1n) is 8.07. The smallest absolute Gasteiger partial charge is 0.229 e. The van der Waals surface area contributed by atoms with Gasteiger partial charge in [-0.25, -0.2) is 0 Å². The third-order valence-electron chi connectivity index (χ3n) is 5.22. The number of hydrogen-bond acceptors (Lipinski definition) is 4. The Morgan fingerprint density at radius 1 is 1.30 bits per heavy atom. The average molecular weight is 314 g/mol. The summed E-state index contributed by atoms with van der Waals surface area (Å²) in [6.07, 6.45) is 0. The fourth-order valence-corrected chi connectivity index (χ4v) is 3.84. The van der Waals surface area contributed by atoms with Crippen LogP contribution in [0.2, 0.25) is 0 Å². The number of rotatable bonds is 4. The molecule has 0 spiro atoms. The number of carbonyl (C=O) groups is 1. The van der Waals surface area contributed by atoms with E-state index in [0.29, 0.717) is 12.5 Å². The Morgan fingerprint density at radius 2 is 2.09 bits per heavy atom. The molecule has 4 N–H and O–H groups in total. The zero-order chi connectivity index (χ0) is 15.9. The second-order valence-corrected chi connectivity index (χ2v) is 6.55. The normalized spacial score (nSPS) is 26.4. The second kappa shape index (κ2) is 5.54. The van der Waals surface area contributed by atoms with Crippen molar-refractivity contribution < 1.29 is 9.53 Å². The molecule has 2 saturated heterocycles. The van der Waals surface area contributed by atoms with Crippen molar-refractivity contribution in [3.05, 3.63) is 30.0 Å². The fraction of sp³-hybridized carbons (Fsp3) is 0.471. The maximum absolute atomic E-state index is 12.7. The fourth-order valence-electron chi connectivity index (χ4n) is 3.84. The van der Waals surface area contributed by atoms with Crippen LogP contribution in [-0.4, -0.2) is 44.2 Å². The lowest BCUT2D eigenvalue weighted by atomic mass is 9.80. The number of fused-ring (bicyclic) bond motifs is 2. The van der Waals surface area contributed by atoms with Crippen molar-refractivity contribution in [1.29, 1.82) is 0 Å². The highest BCUT2D eigenvalue weighted by molar-refractivity contribution is 5.85. The van der Waals surface area contributed by atoms with Gasteiger partial charge < -0.3 is 25.7 Å². The van der Waals surface area contributed by atoms with Gasteiger partial charge in [0, 0.05) is 48.7 Å². The Morgan fingerprint density at radius 3 is 2.83 bits per heavy atom. The monoisotopic (exact) mass is 314 g/mol. The lowest BCUT2D eigenvalue weighted by molar-refractivity contribution is -0.130. The second-order valence-electron chi connectivity index (χ2n) is 6.55. The van der Waals surface area contributed by atoms with E-state index in [0.717, 1.165) is 48.5 Å². The molecule has 23 heavy (non-hydrogen) atoms. The van der Waals surface area contributed by atoms with Crippen LogP contribution in [0.1, 0.15) is 5.69 Å². The van der Waals surface area contributed by atoms with Gasteiger partial charge in [0.2, 0.25) is 5.91 Å². The van der Waals surface area contributed by atoms with E-state index in [4.69, 9.17) is 4.74 Å². The largest absolute Gasteiger partial charge is 0.497 e. The van der Waals surface area contributed by atoms with Crippen molar-refractivity contribution in [2.24, 2.45) is 11.3 Å². The Labute approximate surface area is 135 Å². The van der Waals surface area contributed by atoms with Crippen molar-refractivity contribution in [1.82, 2.24) is 20.9 Å². The molecule has 0 atom stereocenters. The Bertz CT molecular complexity index is 729. The number of carbonyl (C=O) groups excluding carboxylic acids is 1. The summed E-state index contributed by atoms with van der Waals surface area (Å²) in [4.78, 5) is 16.1. The summed E-state index contributed by atoms with van der Waals surface area (Å²) in [6, 6.07) is 7.98. The first kappa shape index (κ1) is 14.5. The van der Waals surface area contributed by atoms with Gasteiger partial charge in [-0.1, -0.05) is 0 Å². The molecule has 0 unspecified atom stereocenters. The number of amides is 1. The van der Waals surface area contributed by atoms with Crippen molar-refractivity contribution >= 4 is 16.8 Å². The molecule has 122 valence electrons. The standard InChI is InChI=1S/C17H22N4O2/c1-23-14-2-3-15-11(5-14)4-13(21-15)8-20-16(22)17-9-18-6-12(17)7-19-10-17/h2-5,12,18-19,21H,6-10H2,1H3,(H,20,22). The van der Waals surface area contributed by atoms with Gasteiger partial charge in [0.1, 0.15) is 5.75 Å². The minimum Gasteiger partial charge on any atom is -0.497 e. The third kappa shape index (κ3) is 2.38. The molecule has 4 rings (SSSR count). The molecular formula is C17H22N4O2. The average Bonchev–Trinajstić information content (AvgIpc) is 3.24. The van der Waals surface area contributed by atoms with E-state index in [1.54, 1.807) is 7.11 Å². The van der Waals surface area contributed by atoms with Crippen LogP contribution in [-0.2, 0) is 11.3 Å². The third-order valence-corrected chi connectivity index (χ3v) is 5.22. The van der Waals surface area contributed by atoms with Crippen molar-refractivity contribution in [3.8, 4) is 5.75 Å². The molecule has 0 radical (unpaired) electrons. The van der Waals surface area contributed by atoms with Crippen LogP contribution in [0, 0.1) is 11.3 Å². The Hall–Kier alpha value is -2.05. The van der Waals surface area contributed by atoms with Gasteiger partial charge in [-0.05, 0) is 24.3 Å². The minimum atomic E-state index is -0.283. The zero-order valence-electron chi connectivity index (χ0n) is 13.2. The van der Waals surface area contributed by atoms with Crippen LogP contribution in [0.5, 0.6) is 5.75 Å². The van der Waals surface area contributed by atoms with Crippen molar-refractivity contribution in [3.63, 3.8) is 0 Å². The summed E-state index contributed by atoms with van der Waals surface area (Å²) in [5, 5.41) is 10.9. The molecule has 0 aliphatic carbocycles. The van der Waals surface area contributed by atoms with Gasteiger partial charge in [0.05, 0.1) is 19.1 Å². The van der Waals surface area contributed by atoms with Gasteiger partial charge in [-0.3, -0.25) is 4.79 Å². The molecule has 2 fully saturated rings. The maximum atomic E-state index is 12.7. The summed E-state index contributed by atoms with van der Waals surface area (Å²) >= 11 is 0. The van der Waals surface area contributed by atoms with Gasteiger partial charge >= 0.3 is 0 Å². The molecular weight excluding hydrogens is 292 g/mol. The SMILES string of the molecule is COc1ccc2[nH]c(CNC(=O)C34CNCC3CNC4)cc2c1. The number of nitrogens with one attached hydrogen (secondary N) is 4. The van der Waals surface area contributed by atoms with Crippen molar-refractivity contribution in [2.75, 3.05) is 33.3 Å². The van der Waals surface area contributed by atoms with Crippen LogP contribution >= 0.6 is 0 Å². The molecule has 2 aliphatic rings. The zero-order valence-corrected chi connectivity index (χ0v) is 13.2. The highest BCUT2D eigenvalue weighted by atomic mass is 16.5. The lowest BCUT2D eigenvalue weighted by Gasteiger charge is -2.25. The molecule has 6 heteroatoms. The molecule has 1 aromatic heterocycles.